The number of aromatic amines is 1. The van der Waals surface area contributed by atoms with Crippen LogP contribution in [-0.4, -0.2) is 45.2 Å². The molecule has 9 nitrogen and oxygen atoms in total. The summed E-state index contributed by atoms with van der Waals surface area (Å²) in [5.74, 6) is 1.51. The quantitative estimate of drug-likeness (QED) is 0.400. The molecule has 5 rings (SSSR count). The van der Waals surface area contributed by atoms with E-state index in [1.165, 1.54) is 0 Å². The van der Waals surface area contributed by atoms with Crippen LogP contribution in [0, 0.1) is 13.8 Å². The topological polar surface area (TPSA) is 111 Å². The first kappa shape index (κ1) is 23.7. The average molecular weight is 489 g/mol. The third-order valence-electron chi connectivity index (χ3n) is 6.38. The van der Waals surface area contributed by atoms with Gasteiger partial charge in [0.2, 0.25) is 0 Å². The van der Waals surface area contributed by atoms with E-state index in [0.717, 1.165) is 24.1 Å². The van der Waals surface area contributed by atoms with Gasteiger partial charge in [-0.2, -0.15) is 0 Å². The van der Waals surface area contributed by atoms with Gasteiger partial charge in [0.15, 0.2) is 0 Å². The largest absolute Gasteiger partial charge is 0.489 e. The number of fused-ring (bicyclic) bond motifs is 1. The van der Waals surface area contributed by atoms with E-state index in [0.29, 0.717) is 53.6 Å². The molecule has 4 aromatic rings. The molecule has 1 N–H and O–H groups in total. The van der Waals surface area contributed by atoms with Gasteiger partial charge in [-0.25, -0.2) is 4.98 Å². The van der Waals surface area contributed by atoms with Gasteiger partial charge in [0.05, 0.1) is 34.8 Å². The van der Waals surface area contributed by atoms with Crippen molar-refractivity contribution in [1.82, 2.24) is 20.0 Å². The van der Waals surface area contributed by atoms with Crippen LogP contribution in [0.25, 0.3) is 10.9 Å². The molecule has 1 fully saturated rings. The average Bonchev–Trinajstić information content (AvgIpc) is 3.51. The Labute approximate surface area is 208 Å². The number of nitrogens with zero attached hydrogens (tertiary/aromatic N) is 3. The Bertz CT molecular complexity index is 1420. The maximum atomic E-state index is 13.6. The molecule has 2 aromatic carbocycles. The zero-order valence-corrected chi connectivity index (χ0v) is 20.3. The Morgan fingerprint density at radius 3 is 2.83 bits per heavy atom. The highest BCUT2D eigenvalue weighted by Gasteiger charge is 2.25. The highest BCUT2D eigenvalue weighted by atomic mass is 16.5. The molecular formula is C27H28N4O5. The van der Waals surface area contributed by atoms with Gasteiger partial charge in [-0.15, -0.1) is 0 Å². The van der Waals surface area contributed by atoms with Crippen LogP contribution in [0.5, 0.6) is 5.75 Å². The van der Waals surface area contributed by atoms with E-state index >= 15 is 0 Å². The Morgan fingerprint density at radius 2 is 2.06 bits per heavy atom. The molecule has 186 valence electrons. The fraction of sp³-hybridized carbons (Fsp3) is 0.333. The smallest absolute Gasteiger partial charge is 0.258 e. The van der Waals surface area contributed by atoms with Crippen molar-refractivity contribution in [2.24, 2.45) is 0 Å². The Hall–Kier alpha value is -3.98. The molecule has 0 bridgehead atoms. The predicted molar refractivity (Wildman–Crippen MR) is 133 cm³/mol. The molecule has 0 aliphatic carbocycles. The summed E-state index contributed by atoms with van der Waals surface area (Å²) in [5, 5.41) is 4.47. The lowest BCUT2D eigenvalue weighted by atomic mass is 10.1. The first-order chi connectivity index (χ1) is 17.5. The molecule has 0 radical (unpaired) electrons. The fourth-order valence-corrected chi connectivity index (χ4v) is 4.41. The molecule has 1 atom stereocenters. The van der Waals surface area contributed by atoms with Crippen molar-refractivity contribution < 1.29 is 18.8 Å². The number of benzene rings is 2. The van der Waals surface area contributed by atoms with Gasteiger partial charge in [-0.1, -0.05) is 23.4 Å². The second-order valence-electron chi connectivity index (χ2n) is 8.97. The number of aromatic nitrogens is 3. The summed E-state index contributed by atoms with van der Waals surface area (Å²) in [7, 11) is 0. The minimum absolute atomic E-state index is 0.0555. The van der Waals surface area contributed by atoms with Crippen LogP contribution >= 0.6 is 0 Å². The number of para-hydroxylation sites is 1. The lowest BCUT2D eigenvalue weighted by molar-refractivity contribution is 0.0501. The van der Waals surface area contributed by atoms with Crippen molar-refractivity contribution in [1.29, 1.82) is 0 Å². The highest BCUT2D eigenvalue weighted by Crippen LogP contribution is 2.21. The predicted octanol–water partition coefficient (Wildman–Crippen LogP) is 3.93. The van der Waals surface area contributed by atoms with Crippen LogP contribution in [0.2, 0.25) is 0 Å². The number of rotatable bonds is 8. The van der Waals surface area contributed by atoms with Gasteiger partial charge in [-0.05, 0) is 57.0 Å². The molecule has 0 spiro atoms. The zero-order valence-electron chi connectivity index (χ0n) is 20.3. The van der Waals surface area contributed by atoms with E-state index in [1.54, 1.807) is 41.3 Å². The summed E-state index contributed by atoms with van der Waals surface area (Å²) >= 11 is 0. The lowest BCUT2D eigenvalue weighted by Crippen LogP contribution is -2.37. The summed E-state index contributed by atoms with van der Waals surface area (Å²) < 4.78 is 16.9. The third kappa shape index (κ3) is 5.16. The molecule has 1 unspecified atom stereocenters. The first-order valence-electron chi connectivity index (χ1n) is 12.0. The molecule has 3 heterocycles. The van der Waals surface area contributed by atoms with Crippen LogP contribution < -0.4 is 10.3 Å². The van der Waals surface area contributed by atoms with Gasteiger partial charge in [0.1, 0.15) is 23.9 Å². The van der Waals surface area contributed by atoms with Crippen LogP contribution in [-0.2, 0) is 17.9 Å². The molecule has 0 saturated carbocycles. The first-order valence-corrected chi connectivity index (χ1v) is 12.0. The summed E-state index contributed by atoms with van der Waals surface area (Å²) in [6.45, 7) is 5.24. The molecule has 1 aliphatic heterocycles. The van der Waals surface area contributed by atoms with Crippen molar-refractivity contribution in [3.05, 3.63) is 87.3 Å². The van der Waals surface area contributed by atoms with Crippen molar-refractivity contribution in [3.8, 4) is 5.75 Å². The molecule has 1 aliphatic rings. The number of amides is 1. The van der Waals surface area contributed by atoms with Gasteiger partial charge in [0, 0.05) is 18.7 Å². The van der Waals surface area contributed by atoms with Crippen molar-refractivity contribution in [3.63, 3.8) is 0 Å². The Balaban J connectivity index is 1.38. The van der Waals surface area contributed by atoms with E-state index in [2.05, 4.69) is 15.1 Å². The van der Waals surface area contributed by atoms with E-state index in [9.17, 15) is 9.59 Å². The molecule has 1 saturated heterocycles. The van der Waals surface area contributed by atoms with E-state index in [4.69, 9.17) is 14.0 Å². The molecular weight excluding hydrogens is 460 g/mol. The van der Waals surface area contributed by atoms with Crippen molar-refractivity contribution >= 4 is 16.8 Å². The number of ether oxygens (including phenoxy) is 2. The van der Waals surface area contributed by atoms with Crippen LogP contribution in [0.1, 0.15) is 46.0 Å². The Kier molecular flexibility index (Phi) is 6.81. The summed E-state index contributed by atoms with van der Waals surface area (Å²) in [6, 6.07) is 14.2. The molecule has 9 heteroatoms. The second kappa shape index (κ2) is 10.3. The van der Waals surface area contributed by atoms with E-state index in [1.807, 2.05) is 26.0 Å². The summed E-state index contributed by atoms with van der Waals surface area (Å²) in [6.07, 6.45) is 1.79. The standard InChI is InChI=1S/C27H28N4O5/c1-17-23(18(2)36-30-17)16-35-20-8-5-7-19(13-20)27(33)31(14-21-9-6-12-34-21)15-25-28-24-11-4-3-10-22(24)26(32)29-25/h3-5,7-8,10-11,13,21H,6,9,12,14-16H2,1-2H3,(H,28,29,32). The Morgan fingerprint density at radius 1 is 1.19 bits per heavy atom. The minimum Gasteiger partial charge on any atom is -0.489 e. The van der Waals surface area contributed by atoms with Gasteiger partial charge in [-0.3, -0.25) is 9.59 Å². The molecule has 2 aromatic heterocycles. The highest BCUT2D eigenvalue weighted by molar-refractivity contribution is 5.94. The van der Waals surface area contributed by atoms with E-state index in [-0.39, 0.29) is 24.1 Å². The number of aryl methyl sites for hydroxylation is 2. The van der Waals surface area contributed by atoms with Gasteiger partial charge < -0.3 is 23.9 Å². The van der Waals surface area contributed by atoms with Crippen LogP contribution in [0.3, 0.4) is 0 Å². The third-order valence-corrected chi connectivity index (χ3v) is 6.38. The van der Waals surface area contributed by atoms with E-state index < -0.39 is 0 Å². The minimum atomic E-state index is -0.227. The maximum absolute atomic E-state index is 13.6. The number of H-pyrrole nitrogens is 1. The fourth-order valence-electron chi connectivity index (χ4n) is 4.41. The molecule has 36 heavy (non-hydrogen) atoms. The summed E-state index contributed by atoms with van der Waals surface area (Å²) in [4.78, 5) is 35.3. The SMILES string of the molecule is Cc1noc(C)c1COc1cccc(C(=O)N(Cc2nc3ccccc3c(=O)[nH]2)CC2CCCO2)c1. The van der Waals surface area contributed by atoms with Crippen LogP contribution in [0.4, 0.5) is 0 Å². The number of carbonyl (C=O) groups excluding carboxylic acids is 1. The number of hydrogen-bond acceptors (Lipinski definition) is 7. The van der Waals surface area contributed by atoms with Gasteiger partial charge in [0.25, 0.3) is 11.5 Å². The lowest BCUT2D eigenvalue weighted by Gasteiger charge is -2.25. The van der Waals surface area contributed by atoms with Crippen LogP contribution in [0.15, 0.2) is 57.8 Å². The van der Waals surface area contributed by atoms with Gasteiger partial charge >= 0.3 is 0 Å². The zero-order chi connectivity index (χ0) is 25.1. The number of hydrogen-bond donors (Lipinski definition) is 1. The van der Waals surface area contributed by atoms with Crippen molar-refractivity contribution in [2.45, 2.75) is 45.9 Å². The maximum Gasteiger partial charge on any atom is 0.258 e. The number of carbonyl (C=O) groups is 1. The normalized spacial score (nSPS) is 15.3. The summed E-state index contributed by atoms with van der Waals surface area (Å²) in [5.41, 5.74) is 2.51. The number of nitrogens with one attached hydrogen (secondary N) is 1. The monoisotopic (exact) mass is 488 g/mol. The second-order valence-corrected chi connectivity index (χ2v) is 8.97. The van der Waals surface area contributed by atoms with Crippen molar-refractivity contribution in [2.75, 3.05) is 13.2 Å². The molecule has 1 amide bonds.